The monoisotopic (exact) mass is 340 g/mol. The van der Waals surface area contributed by atoms with Gasteiger partial charge in [0, 0.05) is 29.1 Å². The lowest BCUT2D eigenvalue weighted by Gasteiger charge is -2.40. The SMILES string of the molecule is Cc1ccc2cc(C(=O)N3CCOCC3C3CCCC3O)ccc2n1. The standard InChI is InChI=1S/C20H24N2O3/c1-13-5-6-14-11-15(7-8-17(14)21-13)20(24)22-9-10-25-12-18(22)16-3-2-4-19(16)23/h5-8,11,16,18-19,23H,2-4,9-10,12H2,1H3. The van der Waals surface area contributed by atoms with Crippen LogP contribution in [0.2, 0.25) is 0 Å². The number of ether oxygens (including phenoxy) is 1. The third-order valence-electron chi connectivity index (χ3n) is 5.53. The van der Waals surface area contributed by atoms with E-state index in [0.29, 0.717) is 25.3 Å². The Hall–Kier alpha value is -1.98. The average Bonchev–Trinajstić information content (AvgIpc) is 3.06. The summed E-state index contributed by atoms with van der Waals surface area (Å²) in [6.45, 7) is 3.61. The first-order valence-corrected chi connectivity index (χ1v) is 9.08. The molecule has 1 saturated heterocycles. The van der Waals surface area contributed by atoms with Crippen LogP contribution < -0.4 is 0 Å². The molecule has 4 rings (SSSR count). The largest absolute Gasteiger partial charge is 0.393 e. The summed E-state index contributed by atoms with van der Waals surface area (Å²) in [5.74, 6) is 0.142. The maximum atomic E-state index is 13.2. The molecule has 1 saturated carbocycles. The number of aliphatic hydroxyl groups excluding tert-OH is 1. The number of pyridine rings is 1. The molecule has 1 amide bonds. The number of benzene rings is 1. The van der Waals surface area contributed by atoms with Gasteiger partial charge in [0.25, 0.3) is 5.91 Å². The van der Waals surface area contributed by atoms with Crippen molar-refractivity contribution in [1.29, 1.82) is 0 Å². The smallest absolute Gasteiger partial charge is 0.254 e. The minimum atomic E-state index is -0.328. The molecule has 1 aliphatic carbocycles. The van der Waals surface area contributed by atoms with Crippen LogP contribution in [0.3, 0.4) is 0 Å². The number of carbonyl (C=O) groups is 1. The van der Waals surface area contributed by atoms with Crippen LogP contribution in [0.1, 0.15) is 35.3 Å². The van der Waals surface area contributed by atoms with Crippen LogP contribution in [0.5, 0.6) is 0 Å². The fraction of sp³-hybridized carbons (Fsp3) is 0.500. The van der Waals surface area contributed by atoms with Crippen molar-refractivity contribution in [3.63, 3.8) is 0 Å². The number of morpholine rings is 1. The van der Waals surface area contributed by atoms with Gasteiger partial charge >= 0.3 is 0 Å². The van der Waals surface area contributed by atoms with Crippen molar-refractivity contribution >= 4 is 16.8 Å². The highest BCUT2D eigenvalue weighted by Gasteiger charge is 2.39. The first-order valence-electron chi connectivity index (χ1n) is 9.08. The highest BCUT2D eigenvalue weighted by molar-refractivity contribution is 5.98. The zero-order valence-electron chi connectivity index (χ0n) is 14.5. The van der Waals surface area contributed by atoms with E-state index in [0.717, 1.165) is 35.9 Å². The molecule has 3 unspecified atom stereocenters. The van der Waals surface area contributed by atoms with E-state index >= 15 is 0 Å². The van der Waals surface area contributed by atoms with Crippen LogP contribution in [0, 0.1) is 12.8 Å². The number of carbonyl (C=O) groups excluding carboxylic acids is 1. The second-order valence-corrected chi connectivity index (χ2v) is 7.16. The summed E-state index contributed by atoms with van der Waals surface area (Å²) in [5.41, 5.74) is 2.55. The lowest BCUT2D eigenvalue weighted by molar-refractivity contribution is -0.0383. The van der Waals surface area contributed by atoms with Gasteiger partial charge in [-0.15, -0.1) is 0 Å². The molecular formula is C20H24N2O3. The summed E-state index contributed by atoms with van der Waals surface area (Å²) in [5, 5.41) is 11.3. The van der Waals surface area contributed by atoms with Gasteiger partial charge in [-0.2, -0.15) is 0 Å². The van der Waals surface area contributed by atoms with Crippen molar-refractivity contribution in [2.24, 2.45) is 5.92 Å². The Balaban J connectivity index is 1.62. The quantitative estimate of drug-likeness (QED) is 0.913. The van der Waals surface area contributed by atoms with E-state index in [4.69, 9.17) is 4.74 Å². The Morgan fingerprint density at radius 2 is 2.16 bits per heavy atom. The number of nitrogens with zero attached hydrogens (tertiary/aromatic N) is 2. The number of fused-ring (bicyclic) bond motifs is 1. The zero-order valence-corrected chi connectivity index (χ0v) is 14.5. The van der Waals surface area contributed by atoms with Gasteiger partial charge in [0.2, 0.25) is 0 Å². The molecule has 1 N–H and O–H groups in total. The van der Waals surface area contributed by atoms with Crippen molar-refractivity contribution < 1.29 is 14.6 Å². The number of rotatable bonds is 2. The highest BCUT2D eigenvalue weighted by atomic mass is 16.5. The maximum Gasteiger partial charge on any atom is 0.254 e. The molecule has 25 heavy (non-hydrogen) atoms. The van der Waals surface area contributed by atoms with Crippen molar-refractivity contribution in [3.05, 3.63) is 41.6 Å². The highest BCUT2D eigenvalue weighted by Crippen LogP contribution is 2.33. The molecule has 132 valence electrons. The van der Waals surface area contributed by atoms with Gasteiger partial charge in [-0.05, 0) is 44.0 Å². The van der Waals surface area contributed by atoms with Gasteiger partial charge in [0.15, 0.2) is 0 Å². The minimum absolute atomic E-state index is 0.0230. The van der Waals surface area contributed by atoms with Crippen LogP contribution in [0.25, 0.3) is 10.9 Å². The molecule has 2 heterocycles. The van der Waals surface area contributed by atoms with Gasteiger partial charge in [-0.1, -0.05) is 12.5 Å². The van der Waals surface area contributed by atoms with E-state index < -0.39 is 0 Å². The zero-order chi connectivity index (χ0) is 17.4. The molecule has 1 aliphatic heterocycles. The normalized spacial score (nSPS) is 27.0. The van der Waals surface area contributed by atoms with E-state index in [1.165, 1.54) is 0 Å². The summed E-state index contributed by atoms with van der Waals surface area (Å²) in [4.78, 5) is 19.6. The topological polar surface area (TPSA) is 62.7 Å². The average molecular weight is 340 g/mol. The van der Waals surface area contributed by atoms with Crippen molar-refractivity contribution in [1.82, 2.24) is 9.88 Å². The van der Waals surface area contributed by atoms with E-state index in [1.54, 1.807) is 0 Å². The third-order valence-corrected chi connectivity index (χ3v) is 5.53. The Kier molecular flexibility index (Phi) is 4.44. The first-order chi connectivity index (χ1) is 12.1. The summed E-state index contributed by atoms with van der Waals surface area (Å²) in [6, 6.07) is 9.62. The molecule has 2 fully saturated rings. The number of amides is 1. The van der Waals surface area contributed by atoms with Crippen LogP contribution in [0.4, 0.5) is 0 Å². The van der Waals surface area contributed by atoms with E-state index in [2.05, 4.69) is 4.98 Å². The number of hydrogen-bond donors (Lipinski definition) is 1. The van der Waals surface area contributed by atoms with E-state index in [9.17, 15) is 9.90 Å². The predicted octanol–water partition coefficient (Wildman–Crippen LogP) is 2.55. The Morgan fingerprint density at radius 1 is 1.28 bits per heavy atom. The molecule has 2 aromatic rings. The Bertz CT molecular complexity index is 792. The van der Waals surface area contributed by atoms with Crippen molar-refractivity contribution in [2.75, 3.05) is 19.8 Å². The third kappa shape index (κ3) is 3.14. The van der Waals surface area contributed by atoms with Gasteiger partial charge < -0.3 is 14.7 Å². The molecule has 5 heteroatoms. The van der Waals surface area contributed by atoms with Gasteiger partial charge in [-0.25, -0.2) is 0 Å². The molecule has 3 atom stereocenters. The van der Waals surface area contributed by atoms with E-state index in [-0.39, 0.29) is 24.0 Å². The van der Waals surface area contributed by atoms with Crippen LogP contribution in [-0.2, 0) is 4.74 Å². The van der Waals surface area contributed by atoms with Crippen LogP contribution in [-0.4, -0.2) is 52.8 Å². The molecule has 0 spiro atoms. The Labute approximate surface area is 147 Å². The second-order valence-electron chi connectivity index (χ2n) is 7.16. The van der Waals surface area contributed by atoms with Gasteiger partial charge in [0.1, 0.15) is 0 Å². The molecule has 5 nitrogen and oxygen atoms in total. The summed E-state index contributed by atoms with van der Waals surface area (Å²) >= 11 is 0. The minimum Gasteiger partial charge on any atom is -0.393 e. The number of hydrogen-bond acceptors (Lipinski definition) is 4. The molecule has 2 aliphatic rings. The summed E-state index contributed by atoms with van der Waals surface area (Å²) in [7, 11) is 0. The van der Waals surface area contributed by atoms with Crippen LogP contribution >= 0.6 is 0 Å². The van der Waals surface area contributed by atoms with Gasteiger partial charge in [-0.3, -0.25) is 9.78 Å². The first kappa shape index (κ1) is 16.5. The lowest BCUT2D eigenvalue weighted by Crippen LogP contribution is -2.53. The van der Waals surface area contributed by atoms with Crippen molar-refractivity contribution in [2.45, 2.75) is 38.3 Å². The summed E-state index contributed by atoms with van der Waals surface area (Å²) in [6.07, 6.45) is 2.47. The fourth-order valence-electron chi connectivity index (χ4n) is 4.17. The van der Waals surface area contributed by atoms with Crippen molar-refractivity contribution in [3.8, 4) is 0 Å². The van der Waals surface area contributed by atoms with Gasteiger partial charge in [0.05, 0.1) is 30.9 Å². The molecule has 1 aromatic heterocycles. The Morgan fingerprint density at radius 3 is 2.96 bits per heavy atom. The molecule has 0 radical (unpaired) electrons. The molecular weight excluding hydrogens is 316 g/mol. The lowest BCUT2D eigenvalue weighted by atomic mass is 9.93. The second kappa shape index (κ2) is 6.73. The predicted molar refractivity (Wildman–Crippen MR) is 95.5 cm³/mol. The van der Waals surface area contributed by atoms with Crippen LogP contribution in [0.15, 0.2) is 30.3 Å². The number of aryl methyl sites for hydroxylation is 1. The summed E-state index contributed by atoms with van der Waals surface area (Å²) < 4.78 is 5.63. The molecule has 1 aromatic carbocycles. The van der Waals surface area contributed by atoms with E-state index in [1.807, 2.05) is 42.2 Å². The number of aromatic nitrogens is 1. The fourth-order valence-corrected chi connectivity index (χ4v) is 4.17. The molecule has 0 bridgehead atoms. The maximum absolute atomic E-state index is 13.2. The number of aliphatic hydroxyl groups is 1.